The second-order valence-electron chi connectivity index (χ2n) is 8.50. The van der Waals surface area contributed by atoms with E-state index in [2.05, 4.69) is 36.9 Å². The molecule has 0 bridgehead atoms. The van der Waals surface area contributed by atoms with Gasteiger partial charge in [-0.25, -0.2) is 0 Å². The van der Waals surface area contributed by atoms with E-state index in [1.807, 2.05) is 6.07 Å². The molecule has 3 rings (SSSR count). The second kappa shape index (κ2) is 9.32. The van der Waals surface area contributed by atoms with Gasteiger partial charge in [-0.1, -0.05) is 17.7 Å². The number of hydrogen-bond donors (Lipinski definition) is 2. The van der Waals surface area contributed by atoms with Crippen molar-refractivity contribution < 1.29 is 38.0 Å². The van der Waals surface area contributed by atoms with Crippen molar-refractivity contribution in [3.8, 4) is 0 Å². The number of carbonyl (C=O) groups excluding carboxylic acids is 2. The molecule has 2 amide bonds. The molecule has 1 aromatic heterocycles. The van der Waals surface area contributed by atoms with Gasteiger partial charge in [-0.05, 0) is 49.2 Å². The average Bonchev–Trinajstić information content (AvgIpc) is 2.99. The summed E-state index contributed by atoms with van der Waals surface area (Å²) >= 11 is 7.08. The van der Waals surface area contributed by atoms with Crippen LogP contribution in [0.15, 0.2) is 30.3 Å². The van der Waals surface area contributed by atoms with Gasteiger partial charge in [0.25, 0.3) is 5.91 Å². The number of fused-ring (bicyclic) bond motifs is 1. The third-order valence-electron chi connectivity index (χ3n) is 5.23. The Morgan fingerprint density at radius 1 is 1.07 bits per heavy atom. The minimum atomic E-state index is -1.06. The first kappa shape index (κ1) is 24.1. The molecule has 158 valence electrons. The standard InChI is InChI=1S/C21H26ClN3O2S.HI/c1-21(2,24-19(26)17-7-8-18(22)28-17)20(27)23-16-6-5-14-9-11-25(3,4)12-10-15(14)13-16;/h5-8,13H,9-12H2,1-4H3,(H-,23,24,26,27);1H. The minimum Gasteiger partial charge on any atom is -1.00 e. The van der Waals surface area contributed by atoms with Crippen molar-refractivity contribution in [1.29, 1.82) is 0 Å². The van der Waals surface area contributed by atoms with Crippen LogP contribution in [0.25, 0.3) is 0 Å². The molecular formula is C21H27ClIN3O2S. The maximum absolute atomic E-state index is 12.8. The number of hydrogen-bond acceptors (Lipinski definition) is 3. The van der Waals surface area contributed by atoms with Crippen LogP contribution in [0.4, 0.5) is 5.69 Å². The quantitative estimate of drug-likeness (QED) is 0.438. The molecule has 5 nitrogen and oxygen atoms in total. The molecule has 2 N–H and O–H groups in total. The number of nitrogens with one attached hydrogen (secondary N) is 2. The van der Waals surface area contributed by atoms with Crippen molar-refractivity contribution in [3.05, 3.63) is 50.7 Å². The molecule has 2 heterocycles. The molecule has 1 aliphatic rings. The summed E-state index contributed by atoms with van der Waals surface area (Å²) in [6.07, 6.45) is 2.03. The van der Waals surface area contributed by atoms with Gasteiger partial charge < -0.3 is 39.1 Å². The Bertz CT molecular complexity index is 911. The molecule has 0 atom stereocenters. The number of amides is 2. The smallest absolute Gasteiger partial charge is 0.262 e. The van der Waals surface area contributed by atoms with E-state index in [0.717, 1.165) is 36.1 Å². The molecule has 29 heavy (non-hydrogen) atoms. The first-order valence-corrected chi connectivity index (χ1v) is 10.6. The second-order valence-corrected chi connectivity index (χ2v) is 10.2. The number of likely N-dealkylation sites (N-methyl/N-ethyl adjacent to an activating group) is 1. The van der Waals surface area contributed by atoms with Gasteiger partial charge >= 0.3 is 0 Å². The van der Waals surface area contributed by atoms with E-state index in [0.29, 0.717) is 9.21 Å². The van der Waals surface area contributed by atoms with E-state index < -0.39 is 5.54 Å². The summed E-state index contributed by atoms with van der Waals surface area (Å²) in [5.74, 6) is -0.563. The third kappa shape index (κ3) is 6.16. The molecule has 0 radical (unpaired) electrons. The van der Waals surface area contributed by atoms with E-state index in [1.54, 1.807) is 26.0 Å². The minimum absolute atomic E-state index is 0. The van der Waals surface area contributed by atoms with Crippen LogP contribution in [-0.4, -0.2) is 49.0 Å². The van der Waals surface area contributed by atoms with Crippen LogP contribution in [0.1, 0.15) is 34.6 Å². The van der Waals surface area contributed by atoms with Crippen molar-refractivity contribution in [2.24, 2.45) is 0 Å². The lowest BCUT2D eigenvalue weighted by atomic mass is 10.0. The highest BCUT2D eigenvalue weighted by Gasteiger charge is 2.30. The van der Waals surface area contributed by atoms with Crippen LogP contribution < -0.4 is 34.6 Å². The zero-order valence-electron chi connectivity index (χ0n) is 17.1. The monoisotopic (exact) mass is 547 g/mol. The largest absolute Gasteiger partial charge is 1.00 e. The van der Waals surface area contributed by atoms with Gasteiger partial charge in [-0.2, -0.15) is 0 Å². The number of carbonyl (C=O) groups is 2. The number of nitrogens with zero attached hydrogens (tertiary/aromatic N) is 1. The first-order valence-electron chi connectivity index (χ1n) is 9.39. The summed E-state index contributed by atoms with van der Waals surface area (Å²) in [4.78, 5) is 25.7. The highest BCUT2D eigenvalue weighted by Crippen LogP contribution is 2.24. The molecule has 1 aromatic carbocycles. The SMILES string of the molecule is CC(C)(NC(=O)c1ccc(Cl)s1)C(=O)Nc1ccc2c(c1)CC[N+](C)(C)CC2.[I-]. The number of quaternary nitrogens is 1. The molecule has 0 saturated heterocycles. The third-order valence-corrected chi connectivity index (χ3v) is 6.46. The van der Waals surface area contributed by atoms with Crippen LogP contribution >= 0.6 is 22.9 Å². The van der Waals surface area contributed by atoms with Gasteiger partial charge in [0.2, 0.25) is 5.91 Å². The predicted molar refractivity (Wildman–Crippen MR) is 115 cm³/mol. The molecule has 0 aliphatic carbocycles. The molecule has 0 saturated carbocycles. The van der Waals surface area contributed by atoms with Gasteiger partial charge in [-0.3, -0.25) is 9.59 Å². The Hall–Kier alpha value is -1.16. The lowest BCUT2D eigenvalue weighted by Crippen LogP contribution is -3.00. The maximum Gasteiger partial charge on any atom is 0.262 e. The summed E-state index contributed by atoms with van der Waals surface area (Å²) in [7, 11) is 4.50. The molecular weight excluding hydrogens is 521 g/mol. The van der Waals surface area contributed by atoms with Crippen molar-refractivity contribution in [2.75, 3.05) is 32.5 Å². The lowest BCUT2D eigenvalue weighted by molar-refractivity contribution is -0.889. The highest BCUT2D eigenvalue weighted by molar-refractivity contribution is 7.18. The average molecular weight is 548 g/mol. The zero-order chi connectivity index (χ0) is 20.5. The molecule has 1 aliphatic heterocycles. The van der Waals surface area contributed by atoms with Gasteiger partial charge in [0.05, 0.1) is 36.4 Å². The normalized spacial score (nSPS) is 15.5. The molecule has 0 spiro atoms. The number of thiophene rings is 1. The summed E-state index contributed by atoms with van der Waals surface area (Å²) in [6.45, 7) is 5.58. The van der Waals surface area contributed by atoms with Crippen LogP contribution in [0, 0.1) is 0 Å². The molecule has 2 aromatic rings. The number of halogens is 2. The maximum atomic E-state index is 12.8. The number of rotatable bonds is 4. The summed E-state index contributed by atoms with van der Waals surface area (Å²) < 4.78 is 1.54. The Labute approximate surface area is 198 Å². The van der Waals surface area contributed by atoms with Gasteiger partial charge in [-0.15, -0.1) is 11.3 Å². The summed E-state index contributed by atoms with van der Waals surface area (Å²) in [6, 6.07) is 9.44. The summed E-state index contributed by atoms with van der Waals surface area (Å²) in [5.41, 5.74) is 2.34. The lowest BCUT2D eigenvalue weighted by Gasteiger charge is -2.27. The fourth-order valence-corrected chi connectivity index (χ4v) is 4.20. The fourth-order valence-electron chi connectivity index (χ4n) is 3.26. The van der Waals surface area contributed by atoms with Gasteiger partial charge in [0.1, 0.15) is 5.54 Å². The van der Waals surface area contributed by atoms with Crippen LogP contribution in [0.5, 0.6) is 0 Å². The predicted octanol–water partition coefficient (Wildman–Crippen LogP) is 0.728. The van der Waals surface area contributed by atoms with Gasteiger partial charge in [0, 0.05) is 18.5 Å². The van der Waals surface area contributed by atoms with E-state index in [1.165, 1.54) is 22.5 Å². The summed E-state index contributed by atoms with van der Waals surface area (Å²) in [5, 5.41) is 5.74. The first-order chi connectivity index (χ1) is 13.1. The Balaban J connectivity index is 0.00000300. The van der Waals surface area contributed by atoms with Crippen LogP contribution in [0.2, 0.25) is 4.34 Å². The Kier molecular flexibility index (Phi) is 7.75. The number of anilines is 1. The molecule has 0 fully saturated rings. The van der Waals surface area contributed by atoms with Crippen molar-refractivity contribution in [3.63, 3.8) is 0 Å². The zero-order valence-corrected chi connectivity index (χ0v) is 20.9. The van der Waals surface area contributed by atoms with Crippen LogP contribution in [-0.2, 0) is 17.6 Å². The molecule has 8 heteroatoms. The fraction of sp³-hybridized carbons (Fsp3) is 0.429. The Morgan fingerprint density at radius 3 is 2.34 bits per heavy atom. The topological polar surface area (TPSA) is 58.2 Å². The number of benzene rings is 1. The van der Waals surface area contributed by atoms with E-state index >= 15 is 0 Å². The molecule has 0 unspecified atom stereocenters. The van der Waals surface area contributed by atoms with Gasteiger partial charge in [0.15, 0.2) is 0 Å². The Morgan fingerprint density at radius 2 is 1.72 bits per heavy atom. The van der Waals surface area contributed by atoms with Crippen molar-refractivity contribution in [2.45, 2.75) is 32.2 Å². The van der Waals surface area contributed by atoms with E-state index in [-0.39, 0.29) is 35.8 Å². The van der Waals surface area contributed by atoms with Crippen LogP contribution in [0.3, 0.4) is 0 Å². The van der Waals surface area contributed by atoms with Crippen molar-refractivity contribution in [1.82, 2.24) is 5.32 Å². The van der Waals surface area contributed by atoms with E-state index in [4.69, 9.17) is 11.6 Å². The van der Waals surface area contributed by atoms with Crippen molar-refractivity contribution >= 4 is 40.4 Å². The van der Waals surface area contributed by atoms with E-state index in [9.17, 15) is 9.59 Å². The highest BCUT2D eigenvalue weighted by atomic mass is 127.